The normalized spacial score (nSPS) is 10.7. The lowest BCUT2D eigenvalue weighted by Crippen LogP contribution is -1.98. The summed E-state index contributed by atoms with van der Waals surface area (Å²) in [5, 5.41) is 10.3. The van der Waals surface area contributed by atoms with Crippen LogP contribution in [-0.4, -0.2) is 10.9 Å². The van der Waals surface area contributed by atoms with Crippen LogP contribution in [0.25, 0.3) is 11.0 Å². The zero-order valence-electron chi connectivity index (χ0n) is 9.46. The molecular formula is C15H10O3. The maximum Gasteiger partial charge on any atom is 0.228 e. The Balaban J connectivity index is 2.06. The third-order valence-corrected chi connectivity index (χ3v) is 2.76. The van der Waals surface area contributed by atoms with Crippen LogP contribution in [0.1, 0.15) is 16.1 Å². The predicted octanol–water partition coefficient (Wildman–Crippen LogP) is 3.37. The van der Waals surface area contributed by atoms with Crippen LogP contribution >= 0.6 is 0 Å². The highest BCUT2D eigenvalue weighted by atomic mass is 16.3. The van der Waals surface area contributed by atoms with Crippen molar-refractivity contribution in [2.75, 3.05) is 0 Å². The van der Waals surface area contributed by atoms with Crippen LogP contribution in [-0.2, 0) is 0 Å². The summed E-state index contributed by atoms with van der Waals surface area (Å²) in [5.74, 6) is 0.112. The van der Waals surface area contributed by atoms with Gasteiger partial charge in [-0.2, -0.15) is 0 Å². The number of ketones is 1. The quantitative estimate of drug-likeness (QED) is 0.696. The molecule has 0 saturated heterocycles. The van der Waals surface area contributed by atoms with Gasteiger partial charge in [-0.25, -0.2) is 0 Å². The Morgan fingerprint density at radius 2 is 1.83 bits per heavy atom. The van der Waals surface area contributed by atoms with Gasteiger partial charge in [-0.15, -0.1) is 0 Å². The van der Waals surface area contributed by atoms with E-state index in [-0.39, 0.29) is 17.3 Å². The number of phenols is 1. The first-order valence-electron chi connectivity index (χ1n) is 5.56. The van der Waals surface area contributed by atoms with Gasteiger partial charge in [-0.3, -0.25) is 4.79 Å². The first-order chi connectivity index (χ1) is 8.74. The average Bonchev–Trinajstić information content (AvgIpc) is 2.81. The Labute approximate surface area is 103 Å². The fourth-order valence-electron chi connectivity index (χ4n) is 1.88. The summed E-state index contributed by atoms with van der Waals surface area (Å²) in [7, 11) is 0. The van der Waals surface area contributed by atoms with Gasteiger partial charge in [-0.1, -0.05) is 30.3 Å². The van der Waals surface area contributed by atoms with Crippen LogP contribution in [0.3, 0.4) is 0 Å². The molecule has 3 heteroatoms. The second-order valence-corrected chi connectivity index (χ2v) is 4.03. The fraction of sp³-hybridized carbons (Fsp3) is 0. The average molecular weight is 238 g/mol. The van der Waals surface area contributed by atoms with Crippen molar-refractivity contribution in [1.29, 1.82) is 0 Å². The highest BCUT2D eigenvalue weighted by Gasteiger charge is 2.14. The Kier molecular flexibility index (Phi) is 2.38. The van der Waals surface area contributed by atoms with Crippen LogP contribution < -0.4 is 0 Å². The lowest BCUT2D eigenvalue weighted by atomic mass is 10.1. The lowest BCUT2D eigenvalue weighted by Gasteiger charge is -1.97. The summed E-state index contributed by atoms with van der Waals surface area (Å²) in [6.45, 7) is 0. The van der Waals surface area contributed by atoms with Gasteiger partial charge in [0.05, 0.1) is 0 Å². The van der Waals surface area contributed by atoms with E-state index in [0.29, 0.717) is 11.1 Å². The number of para-hydroxylation sites is 1. The molecule has 1 N–H and O–H groups in total. The van der Waals surface area contributed by atoms with Crippen LogP contribution in [0, 0.1) is 0 Å². The van der Waals surface area contributed by atoms with E-state index in [0.717, 1.165) is 5.39 Å². The molecule has 0 fully saturated rings. The van der Waals surface area contributed by atoms with E-state index in [1.807, 2.05) is 24.3 Å². The zero-order valence-corrected chi connectivity index (χ0v) is 9.46. The molecule has 18 heavy (non-hydrogen) atoms. The van der Waals surface area contributed by atoms with Gasteiger partial charge in [0.2, 0.25) is 5.78 Å². The third kappa shape index (κ3) is 1.76. The summed E-state index contributed by atoms with van der Waals surface area (Å²) in [6, 6.07) is 15.4. The summed E-state index contributed by atoms with van der Waals surface area (Å²) >= 11 is 0. The zero-order chi connectivity index (χ0) is 12.5. The van der Waals surface area contributed by atoms with Gasteiger partial charge in [0.1, 0.15) is 11.3 Å². The van der Waals surface area contributed by atoms with Gasteiger partial charge in [0, 0.05) is 10.9 Å². The molecule has 0 aliphatic carbocycles. The monoisotopic (exact) mass is 238 g/mol. The second-order valence-electron chi connectivity index (χ2n) is 4.03. The summed E-state index contributed by atoms with van der Waals surface area (Å²) < 4.78 is 5.49. The van der Waals surface area contributed by atoms with E-state index < -0.39 is 0 Å². The Morgan fingerprint density at radius 3 is 2.61 bits per heavy atom. The third-order valence-electron chi connectivity index (χ3n) is 2.76. The highest BCUT2D eigenvalue weighted by Crippen LogP contribution is 2.22. The van der Waals surface area contributed by atoms with E-state index in [1.165, 1.54) is 12.1 Å². The van der Waals surface area contributed by atoms with E-state index in [9.17, 15) is 9.90 Å². The molecule has 0 unspecified atom stereocenters. The molecule has 0 amide bonds. The van der Waals surface area contributed by atoms with Crippen LogP contribution in [0.4, 0.5) is 0 Å². The summed E-state index contributed by atoms with van der Waals surface area (Å²) in [5.41, 5.74) is 1.09. The summed E-state index contributed by atoms with van der Waals surface area (Å²) in [6.07, 6.45) is 0. The van der Waals surface area contributed by atoms with E-state index in [2.05, 4.69) is 0 Å². The van der Waals surface area contributed by atoms with E-state index in [1.54, 1.807) is 18.2 Å². The molecule has 0 spiro atoms. The Bertz CT molecular complexity index is 692. The van der Waals surface area contributed by atoms with Crippen molar-refractivity contribution in [2.24, 2.45) is 0 Å². The molecular weight excluding hydrogens is 228 g/mol. The summed E-state index contributed by atoms with van der Waals surface area (Å²) in [4.78, 5) is 12.2. The number of carbonyl (C=O) groups excluding carboxylic acids is 1. The van der Waals surface area contributed by atoms with Crippen molar-refractivity contribution >= 4 is 16.8 Å². The van der Waals surface area contributed by atoms with Gasteiger partial charge >= 0.3 is 0 Å². The van der Waals surface area contributed by atoms with Crippen molar-refractivity contribution in [3.63, 3.8) is 0 Å². The SMILES string of the molecule is O=C(c1cccc(O)c1)c1cc2ccccc2o1. The molecule has 1 heterocycles. The number of phenolic OH excluding ortho intramolecular Hbond substituents is 1. The van der Waals surface area contributed by atoms with E-state index >= 15 is 0 Å². The van der Waals surface area contributed by atoms with Gasteiger partial charge in [0.15, 0.2) is 5.76 Å². The minimum Gasteiger partial charge on any atom is -0.508 e. The van der Waals surface area contributed by atoms with Crippen molar-refractivity contribution < 1.29 is 14.3 Å². The first-order valence-corrected chi connectivity index (χ1v) is 5.56. The van der Waals surface area contributed by atoms with Crippen LogP contribution in [0.2, 0.25) is 0 Å². The molecule has 0 aliphatic heterocycles. The number of carbonyl (C=O) groups is 1. The Hall–Kier alpha value is -2.55. The Morgan fingerprint density at radius 1 is 1.00 bits per heavy atom. The topological polar surface area (TPSA) is 50.4 Å². The molecule has 3 rings (SSSR count). The van der Waals surface area contributed by atoms with Crippen LogP contribution in [0.5, 0.6) is 5.75 Å². The van der Waals surface area contributed by atoms with Crippen molar-refractivity contribution in [3.05, 3.63) is 65.9 Å². The lowest BCUT2D eigenvalue weighted by molar-refractivity contribution is 0.101. The highest BCUT2D eigenvalue weighted by molar-refractivity contribution is 6.09. The minimum atomic E-state index is -0.234. The molecule has 2 aromatic carbocycles. The van der Waals surface area contributed by atoms with E-state index in [4.69, 9.17) is 4.42 Å². The molecule has 1 aromatic heterocycles. The number of hydrogen-bond donors (Lipinski definition) is 1. The standard InChI is InChI=1S/C15H10O3/c16-12-6-3-5-11(8-12)15(17)14-9-10-4-1-2-7-13(10)18-14/h1-9,16H. The smallest absolute Gasteiger partial charge is 0.228 e. The molecule has 0 saturated carbocycles. The minimum absolute atomic E-state index is 0.0666. The molecule has 0 bridgehead atoms. The fourth-order valence-corrected chi connectivity index (χ4v) is 1.88. The van der Waals surface area contributed by atoms with Crippen molar-refractivity contribution in [2.45, 2.75) is 0 Å². The second kappa shape index (κ2) is 4.04. The number of fused-ring (bicyclic) bond motifs is 1. The van der Waals surface area contributed by atoms with Crippen molar-refractivity contribution in [3.8, 4) is 5.75 Å². The molecule has 0 aliphatic rings. The number of hydrogen-bond acceptors (Lipinski definition) is 3. The number of aromatic hydroxyl groups is 1. The molecule has 3 nitrogen and oxygen atoms in total. The number of benzene rings is 2. The molecule has 0 radical (unpaired) electrons. The largest absolute Gasteiger partial charge is 0.508 e. The number of rotatable bonds is 2. The van der Waals surface area contributed by atoms with Gasteiger partial charge in [0.25, 0.3) is 0 Å². The first kappa shape index (κ1) is 10.6. The maximum atomic E-state index is 12.2. The molecule has 0 atom stereocenters. The van der Waals surface area contributed by atoms with Crippen LogP contribution in [0.15, 0.2) is 59.0 Å². The molecule has 88 valence electrons. The number of furan rings is 1. The molecule has 3 aromatic rings. The predicted molar refractivity (Wildman–Crippen MR) is 67.8 cm³/mol. The van der Waals surface area contributed by atoms with Gasteiger partial charge in [-0.05, 0) is 24.3 Å². The maximum absolute atomic E-state index is 12.2. The van der Waals surface area contributed by atoms with Crippen molar-refractivity contribution in [1.82, 2.24) is 0 Å². The van der Waals surface area contributed by atoms with Gasteiger partial charge < -0.3 is 9.52 Å².